The minimum atomic E-state index is -0.653. The normalized spacial score (nSPS) is 13.1. The molecule has 0 saturated carbocycles. The van der Waals surface area contributed by atoms with Crippen molar-refractivity contribution in [3.63, 3.8) is 0 Å². The fraction of sp³-hybridized carbons (Fsp3) is 0. The zero-order chi connectivity index (χ0) is 18.6. The lowest BCUT2D eigenvalue weighted by Gasteiger charge is -2.06. The third kappa shape index (κ3) is 2.57. The predicted molar refractivity (Wildman–Crippen MR) is 110 cm³/mol. The summed E-state index contributed by atoms with van der Waals surface area (Å²) < 4.78 is 29.8. The minimum Gasteiger partial charge on any atom is -0.494 e. The Balaban J connectivity index is 1.99. The third-order valence-electron chi connectivity index (χ3n) is 4.06. The van der Waals surface area contributed by atoms with Crippen LogP contribution >= 0.6 is 45.2 Å². The molecule has 8 heteroatoms. The highest BCUT2D eigenvalue weighted by Crippen LogP contribution is 2.41. The van der Waals surface area contributed by atoms with E-state index in [2.05, 4.69) is 9.98 Å². The van der Waals surface area contributed by atoms with Crippen molar-refractivity contribution in [3.8, 4) is 17.1 Å². The molecule has 0 fully saturated rings. The van der Waals surface area contributed by atoms with E-state index in [1.165, 1.54) is 12.1 Å². The number of H-pyrrole nitrogens is 1. The first-order chi connectivity index (χ1) is 12.4. The first-order valence-corrected chi connectivity index (χ1v) is 9.53. The highest BCUT2D eigenvalue weighted by molar-refractivity contribution is 14.1. The fourth-order valence-electron chi connectivity index (χ4n) is 2.97. The maximum Gasteiger partial charge on any atom is 0.280 e. The summed E-state index contributed by atoms with van der Waals surface area (Å²) in [4.78, 5) is 19.1. The molecule has 0 radical (unpaired) electrons. The number of hydrogen-bond acceptors (Lipinski definition) is 2. The number of nitrogens with zero attached hydrogens (tertiary/aromatic N) is 1. The van der Waals surface area contributed by atoms with E-state index in [-0.39, 0.29) is 39.5 Å². The molecule has 1 aromatic heterocycles. The number of aromatic hydroxyl groups is 1. The molecule has 0 bridgehead atoms. The molecule has 0 saturated heterocycles. The van der Waals surface area contributed by atoms with Gasteiger partial charge in [0, 0.05) is 12.7 Å². The zero-order valence-electron chi connectivity index (χ0n) is 12.8. The number of rotatable bonds is 2. The molecule has 0 spiro atoms. The number of hydrogen-bond donors (Lipinski definition) is 2. The molecular formula is C18H8F2I2N2O2. The predicted octanol–water partition coefficient (Wildman–Crippen LogP) is 4.87. The smallest absolute Gasteiger partial charge is 0.280 e. The summed E-state index contributed by atoms with van der Waals surface area (Å²) in [7, 11) is 0. The van der Waals surface area contributed by atoms with Crippen LogP contribution in [0.25, 0.3) is 11.3 Å². The van der Waals surface area contributed by atoms with Crippen molar-refractivity contribution in [1.29, 1.82) is 0 Å². The van der Waals surface area contributed by atoms with Gasteiger partial charge in [-0.3, -0.25) is 4.79 Å². The highest BCUT2D eigenvalue weighted by Gasteiger charge is 2.36. The molecular weight excluding hydrogens is 568 g/mol. The SMILES string of the molecule is O=C1N=C(c2c(F)cccc2I)c2c(O)[nH]c(-c3c(F)cccc3I)c21. The van der Waals surface area contributed by atoms with E-state index in [0.717, 1.165) is 0 Å². The largest absolute Gasteiger partial charge is 0.494 e. The molecule has 1 aliphatic rings. The Morgan fingerprint density at radius 1 is 0.885 bits per heavy atom. The molecule has 2 N–H and O–H groups in total. The number of aliphatic imine (C=N–C) groups is 1. The Morgan fingerprint density at radius 3 is 2.04 bits per heavy atom. The first-order valence-electron chi connectivity index (χ1n) is 7.37. The van der Waals surface area contributed by atoms with Crippen molar-refractivity contribution in [2.24, 2.45) is 4.99 Å². The van der Waals surface area contributed by atoms with Crippen molar-refractivity contribution >= 4 is 56.8 Å². The van der Waals surface area contributed by atoms with Gasteiger partial charge in [0.1, 0.15) is 11.6 Å². The van der Waals surface area contributed by atoms with E-state index in [4.69, 9.17) is 0 Å². The number of fused-ring (bicyclic) bond motifs is 1. The van der Waals surface area contributed by atoms with E-state index < -0.39 is 17.5 Å². The van der Waals surface area contributed by atoms with Gasteiger partial charge >= 0.3 is 0 Å². The van der Waals surface area contributed by atoms with Gasteiger partial charge in [0.15, 0.2) is 5.88 Å². The van der Waals surface area contributed by atoms with E-state index in [1.807, 2.05) is 45.2 Å². The average molecular weight is 576 g/mol. The second-order valence-electron chi connectivity index (χ2n) is 5.56. The number of aromatic amines is 1. The lowest BCUT2D eigenvalue weighted by atomic mass is 9.99. The van der Waals surface area contributed by atoms with Crippen LogP contribution in [0.4, 0.5) is 8.78 Å². The Bertz CT molecular complexity index is 1080. The standard InChI is InChI=1S/C18H8F2I2N2O2/c19-7-3-1-5-9(21)11(7)15-13-14(18(26)23-15)16(24-17(13)25)12-8(20)4-2-6-10(12)22/h1-6,23,26H. The monoisotopic (exact) mass is 576 g/mol. The highest BCUT2D eigenvalue weighted by atomic mass is 127. The lowest BCUT2D eigenvalue weighted by molar-refractivity contribution is 0.101. The van der Waals surface area contributed by atoms with Crippen molar-refractivity contribution in [2.75, 3.05) is 0 Å². The molecule has 0 atom stereocenters. The van der Waals surface area contributed by atoms with Crippen LogP contribution < -0.4 is 0 Å². The number of benzene rings is 2. The van der Waals surface area contributed by atoms with Gasteiger partial charge in [-0.1, -0.05) is 12.1 Å². The van der Waals surface area contributed by atoms with Gasteiger partial charge < -0.3 is 10.1 Å². The Kier molecular flexibility index (Phi) is 4.34. The number of amides is 1. The minimum absolute atomic E-state index is 0.0406. The topological polar surface area (TPSA) is 65.4 Å². The second kappa shape index (κ2) is 6.41. The van der Waals surface area contributed by atoms with Crippen LogP contribution in [-0.2, 0) is 0 Å². The van der Waals surface area contributed by atoms with Gasteiger partial charge in [0.05, 0.1) is 28.1 Å². The van der Waals surface area contributed by atoms with E-state index in [1.54, 1.807) is 24.3 Å². The fourth-order valence-corrected chi connectivity index (χ4v) is 4.43. The quantitative estimate of drug-likeness (QED) is 0.429. The summed E-state index contributed by atoms with van der Waals surface area (Å²) in [5, 5.41) is 10.4. The summed E-state index contributed by atoms with van der Waals surface area (Å²) in [5.74, 6) is -2.10. The maximum atomic E-state index is 14.4. The van der Waals surface area contributed by atoms with E-state index in [9.17, 15) is 18.7 Å². The van der Waals surface area contributed by atoms with Crippen LogP contribution in [0.1, 0.15) is 21.5 Å². The van der Waals surface area contributed by atoms with Gasteiger partial charge in [0.25, 0.3) is 5.91 Å². The van der Waals surface area contributed by atoms with Crippen LogP contribution in [0, 0.1) is 18.8 Å². The zero-order valence-corrected chi connectivity index (χ0v) is 17.1. The molecule has 2 aromatic carbocycles. The summed E-state index contributed by atoms with van der Waals surface area (Å²) in [6, 6.07) is 8.98. The van der Waals surface area contributed by atoms with Crippen LogP contribution in [0.15, 0.2) is 41.4 Å². The molecule has 130 valence electrons. The molecule has 2 heterocycles. The molecule has 4 nitrogen and oxygen atoms in total. The van der Waals surface area contributed by atoms with Crippen molar-refractivity contribution < 1.29 is 18.7 Å². The third-order valence-corrected chi connectivity index (χ3v) is 5.85. The van der Waals surface area contributed by atoms with E-state index >= 15 is 0 Å². The molecule has 0 aliphatic carbocycles. The second-order valence-corrected chi connectivity index (χ2v) is 7.88. The summed E-state index contributed by atoms with van der Waals surface area (Å²) in [6.07, 6.45) is 0. The molecule has 26 heavy (non-hydrogen) atoms. The average Bonchev–Trinajstić information content (AvgIpc) is 3.07. The van der Waals surface area contributed by atoms with Gasteiger partial charge in [-0.25, -0.2) is 13.8 Å². The van der Waals surface area contributed by atoms with Gasteiger partial charge in [-0.15, -0.1) is 0 Å². The molecule has 4 rings (SSSR count). The Morgan fingerprint density at radius 2 is 1.46 bits per heavy atom. The Labute approximate surface area is 173 Å². The lowest BCUT2D eigenvalue weighted by Crippen LogP contribution is -2.06. The molecule has 0 unspecified atom stereocenters. The van der Waals surface area contributed by atoms with Crippen molar-refractivity contribution in [3.05, 3.63) is 71.9 Å². The summed E-state index contributed by atoms with van der Waals surface area (Å²) in [6.45, 7) is 0. The van der Waals surface area contributed by atoms with Crippen LogP contribution in [0.3, 0.4) is 0 Å². The van der Waals surface area contributed by atoms with Crippen molar-refractivity contribution in [1.82, 2.24) is 4.98 Å². The molecule has 3 aromatic rings. The van der Waals surface area contributed by atoms with Crippen LogP contribution in [0.5, 0.6) is 5.88 Å². The van der Waals surface area contributed by atoms with Gasteiger partial charge in [-0.2, -0.15) is 0 Å². The summed E-state index contributed by atoms with van der Waals surface area (Å²) in [5.41, 5.74) is 0.600. The number of aromatic nitrogens is 1. The number of carbonyl (C=O) groups is 1. The van der Waals surface area contributed by atoms with Gasteiger partial charge in [0.2, 0.25) is 0 Å². The maximum absolute atomic E-state index is 14.4. The van der Waals surface area contributed by atoms with Crippen LogP contribution in [0.2, 0.25) is 0 Å². The number of carbonyl (C=O) groups excluding carboxylic acids is 1. The summed E-state index contributed by atoms with van der Waals surface area (Å²) >= 11 is 3.88. The number of halogens is 4. The van der Waals surface area contributed by atoms with Gasteiger partial charge in [-0.05, 0) is 69.4 Å². The van der Waals surface area contributed by atoms with Crippen molar-refractivity contribution in [2.45, 2.75) is 0 Å². The first kappa shape index (κ1) is 17.6. The molecule has 1 aliphatic heterocycles. The van der Waals surface area contributed by atoms with E-state index in [0.29, 0.717) is 7.14 Å². The number of nitrogens with one attached hydrogen (secondary N) is 1. The van der Waals surface area contributed by atoms with Crippen LogP contribution in [-0.4, -0.2) is 21.7 Å². The Hall–Kier alpha value is -1.82. The molecule has 1 amide bonds.